The fourth-order valence-corrected chi connectivity index (χ4v) is 3.56. The van der Waals surface area contributed by atoms with Gasteiger partial charge in [0, 0.05) is 29.0 Å². The number of carbonyl (C=O) groups is 2. The molecule has 0 unspecified atom stereocenters. The van der Waals surface area contributed by atoms with Crippen LogP contribution in [0.3, 0.4) is 0 Å². The molecule has 2 aromatic heterocycles. The average molecular weight is 417 g/mol. The number of nitrogens with one attached hydrogen (secondary N) is 2. The molecule has 28 heavy (non-hydrogen) atoms. The monoisotopic (exact) mass is 417 g/mol. The number of carbonyl (C=O) groups excluding carboxylic acids is 2. The third kappa shape index (κ3) is 4.97. The zero-order valence-electron chi connectivity index (χ0n) is 14.3. The van der Waals surface area contributed by atoms with Crippen LogP contribution in [0.5, 0.6) is 0 Å². The van der Waals surface area contributed by atoms with Crippen molar-refractivity contribution in [3.05, 3.63) is 59.9 Å². The third-order valence-corrected chi connectivity index (χ3v) is 5.30. The summed E-state index contributed by atoms with van der Waals surface area (Å²) in [6, 6.07) is 9.10. The molecule has 2 amide bonds. The molecular weight excluding hydrogens is 402 g/mol. The molecule has 0 atom stereocenters. The SMILES string of the molecule is NS(=O)(=O)c1cccc(NC(=O)CNC(=O)c2csc(-c3cccnc3)n2)c1. The number of amides is 2. The van der Waals surface area contributed by atoms with Gasteiger partial charge in [0.05, 0.1) is 11.4 Å². The van der Waals surface area contributed by atoms with E-state index in [0.717, 1.165) is 5.56 Å². The molecule has 1 aromatic carbocycles. The minimum Gasteiger partial charge on any atom is -0.342 e. The van der Waals surface area contributed by atoms with Crippen molar-refractivity contribution in [2.24, 2.45) is 5.14 Å². The van der Waals surface area contributed by atoms with E-state index in [9.17, 15) is 18.0 Å². The average Bonchev–Trinajstić information content (AvgIpc) is 3.17. The van der Waals surface area contributed by atoms with Crippen molar-refractivity contribution in [3.8, 4) is 10.6 Å². The van der Waals surface area contributed by atoms with Gasteiger partial charge in [0.15, 0.2) is 0 Å². The standard InChI is InChI=1S/C17H15N5O4S2/c18-28(25,26)13-5-1-4-12(7-13)21-15(23)9-20-16(24)14-10-27-17(22-14)11-3-2-6-19-8-11/h1-8,10H,9H2,(H,20,24)(H,21,23)(H2,18,25,26). The predicted molar refractivity (Wildman–Crippen MR) is 104 cm³/mol. The molecule has 4 N–H and O–H groups in total. The summed E-state index contributed by atoms with van der Waals surface area (Å²) in [6.45, 7) is -0.307. The highest BCUT2D eigenvalue weighted by Crippen LogP contribution is 2.22. The van der Waals surface area contributed by atoms with Gasteiger partial charge in [0.1, 0.15) is 10.7 Å². The molecule has 0 aliphatic heterocycles. The van der Waals surface area contributed by atoms with Crippen LogP contribution in [0.15, 0.2) is 59.1 Å². The first-order valence-corrected chi connectivity index (χ1v) is 10.3. The summed E-state index contributed by atoms with van der Waals surface area (Å²) < 4.78 is 22.7. The Labute approximate surface area is 164 Å². The normalized spacial score (nSPS) is 11.0. The Morgan fingerprint density at radius 2 is 2.00 bits per heavy atom. The van der Waals surface area contributed by atoms with Crippen molar-refractivity contribution in [1.82, 2.24) is 15.3 Å². The van der Waals surface area contributed by atoms with Crippen molar-refractivity contribution >= 4 is 38.9 Å². The second-order valence-electron chi connectivity index (χ2n) is 5.58. The largest absolute Gasteiger partial charge is 0.342 e. The van der Waals surface area contributed by atoms with Gasteiger partial charge in [-0.05, 0) is 30.3 Å². The zero-order chi connectivity index (χ0) is 20.1. The minimum atomic E-state index is -3.88. The van der Waals surface area contributed by atoms with E-state index >= 15 is 0 Å². The number of primary sulfonamides is 1. The number of aromatic nitrogens is 2. The van der Waals surface area contributed by atoms with E-state index in [1.54, 1.807) is 23.8 Å². The fourth-order valence-electron chi connectivity index (χ4n) is 2.21. The van der Waals surface area contributed by atoms with Crippen LogP contribution in [0.25, 0.3) is 10.6 Å². The molecule has 9 nitrogen and oxygen atoms in total. The van der Waals surface area contributed by atoms with Gasteiger partial charge in [-0.15, -0.1) is 11.3 Å². The van der Waals surface area contributed by atoms with Crippen LogP contribution in [0, 0.1) is 0 Å². The van der Waals surface area contributed by atoms with E-state index in [1.807, 2.05) is 6.07 Å². The Balaban J connectivity index is 1.58. The number of pyridine rings is 1. The summed E-state index contributed by atoms with van der Waals surface area (Å²) in [5, 5.41) is 12.2. The first-order chi connectivity index (χ1) is 13.3. The predicted octanol–water partition coefficient (Wildman–Crippen LogP) is 1.22. The maximum absolute atomic E-state index is 12.2. The molecule has 0 radical (unpaired) electrons. The van der Waals surface area contributed by atoms with Gasteiger partial charge in [0.2, 0.25) is 15.9 Å². The summed E-state index contributed by atoms with van der Waals surface area (Å²) in [7, 11) is -3.88. The number of sulfonamides is 1. The van der Waals surface area contributed by atoms with Gasteiger partial charge in [-0.25, -0.2) is 18.5 Å². The van der Waals surface area contributed by atoms with Crippen LogP contribution in [-0.2, 0) is 14.8 Å². The molecule has 11 heteroatoms. The van der Waals surface area contributed by atoms with Crippen molar-refractivity contribution in [1.29, 1.82) is 0 Å². The van der Waals surface area contributed by atoms with E-state index in [4.69, 9.17) is 5.14 Å². The lowest BCUT2D eigenvalue weighted by Gasteiger charge is -2.07. The fraction of sp³-hybridized carbons (Fsp3) is 0.0588. The first kappa shape index (κ1) is 19.6. The number of nitrogens with two attached hydrogens (primary N) is 1. The van der Waals surface area contributed by atoms with E-state index in [-0.39, 0.29) is 22.8 Å². The lowest BCUT2D eigenvalue weighted by molar-refractivity contribution is -0.115. The van der Waals surface area contributed by atoms with Crippen molar-refractivity contribution in [2.75, 3.05) is 11.9 Å². The number of thiazole rings is 1. The van der Waals surface area contributed by atoms with Crippen LogP contribution in [-0.4, -0.2) is 36.7 Å². The Kier molecular flexibility index (Phi) is 5.78. The number of benzene rings is 1. The molecule has 0 aliphatic carbocycles. The summed E-state index contributed by atoms with van der Waals surface area (Å²) in [4.78, 5) is 32.3. The first-order valence-electron chi connectivity index (χ1n) is 7.90. The molecule has 0 spiro atoms. The van der Waals surface area contributed by atoms with E-state index in [1.165, 1.54) is 35.6 Å². The molecule has 0 bridgehead atoms. The lowest BCUT2D eigenvalue weighted by atomic mass is 10.3. The Bertz CT molecular complexity index is 1110. The van der Waals surface area contributed by atoms with Gasteiger partial charge in [0.25, 0.3) is 5.91 Å². The van der Waals surface area contributed by atoms with Gasteiger partial charge in [-0.3, -0.25) is 14.6 Å². The summed E-state index contributed by atoms with van der Waals surface area (Å²) in [6.07, 6.45) is 3.28. The third-order valence-electron chi connectivity index (χ3n) is 3.50. The van der Waals surface area contributed by atoms with Gasteiger partial charge < -0.3 is 10.6 Å². The van der Waals surface area contributed by atoms with E-state index < -0.39 is 21.8 Å². The smallest absolute Gasteiger partial charge is 0.271 e. The minimum absolute atomic E-state index is 0.125. The number of anilines is 1. The van der Waals surface area contributed by atoms with Crippen LogP contribution in [0.4, 0.5) is 5.69 Å². The number of nitrogens with zero attached hydrogens (tertiary/aromatic N) is 2. The van der Waals surface area contributed by atoms with E-state index in [2.05, 4.69) is 20.6 Å². The molecule has 0 saturated heterocycles. The number of hydrogen-bond donors (Lipinski definition) is 3. The molecule has 2 heterocycles. The molecule has 0 saturated carbocycles. The molecular formula is C17H15N5O4S2. The maximum Gasteiger partial charge on any atom is 0.271 e. The van der Waals surface area contributed by atoms with Crippen molar-refractivity contribution in [2.45, 2.75) is 4.90 Å². The lowest BCUT2D eigenvalue weighted by Crippen LogP contribution is -2.33. The second-order valence-corrected chi connectivity index (χ2v) is 8.00. The van der Waals surface area contributed by atoms with Gasteiger partial charge in [-0.2, -0.15) is 0 Å². The quantitative estimate of drug-likeness (QED) is 0.550. The highest BCUT2D eigenvalue weighted by atomic mass is 32.2. The number of rotatable bonds is 6. The van der Waals surface area contributed by atoms with Crippen LogP contribution in [0.1, 0.15) is 10.5 Å². The summed E-state index contributed by atoms with van der Waals surface area (Å²) in [5.41, 5.74) is 1.23. The molecule has 0 aliphatic rings. The van der Waals surface area contributed by atoms with Crippen LogP contribution < -0.4 is 15.8 Å². The highest BCUT2D eigenvalue weighted by Gasteiger charge is 2.14. The summed E-state index contributed by atoms with van der Waals surface area (Å²) in [5.74, 6) is -1.03. The van der Waals surface area contributed by atoms with Crippen LogP contribution in [0.2, 0.25) is 0 Å². The van der Waals surface area contributed by atoms with Gasteiger partial charge >= 0.3 is 0 Å². The maximum atomic E-state index is 12.2. The number of hydrogen-bond acceptors (Lipinski definition) is 7. The van der Waals surface area contributed by atoms with Crippen LogP contribution >= 0.6 is 11.3 Å². The summed E-state index contributed by atoms with van der Waals surface area (Å²) >= 11 is 1.29. The molecule has 0 fully saturated rings. The Morgan fingerprint density at radius 1 is 1.18 bits per heavy atom. The van der Waals surface area contributed by atoms with E-state index in [0.29, 0.717) is 5.01 Å². The zero-order valence-corrected chi connectivity index (χ0v) is 16.0. The molecule has 3 aromatic rings. The highest BCUT2D eigenvalue weighted by molar-refractivity contribution is 7.89. The van der Waals surface area contributed by atoms with Gasteiger partial charge in [-0.1, -0.05) is 6.07 Å². The molecule has 3 rings (SSSR count). The van der Waals surface area contributed by atoms with Crippen molar-refractivity contribution < 1.29 is 18.0 Å². The Morgan fingerprint density at radius 3 is 2.71 bits per heavy atom. The Hall–Kier alpha value is -3.15. The topological polar surface area (TPSA) is 144 Å². The van der Waals surface area contributed by atoms with Crippen molar-refractivity contribution in [3.63, 3.8) is 0 Å². The second kappa shape index (κ2) is 8.25. The molecule has 144 valence electrons.